The van der Waals surface area contributed by atoms with Crippen LogP contribution in [0.4, 0.5) is 0 Å². The van der Waals surface area contributed by atoms with Gasteiger partial charge in [-0.05, 0) is 31.2 Å². The van der Waals surface area contributed by atoms with E-state index in [1.54, 1.807) is 41.8 Å². The number of carbonyl (C=O) groups excluding carboxylic acids is 4. The Bertz CT molecular complexity index is 1400. The van der Waals surface area contributed by atoms with Crippen LogP contribution in [0.25, 0.3) is 0 Å². The van der Waals surface area contributed by atoms with Gasteiger partial charge in [-0.2, -0.15) is 0 Å². The predicted molar refractivity (Wildman–Crippen MR) is 168 cm³/mol. The van der Waals surface area contributed by atoms with Gasteiger partial charge in [-0.25, -0.2) is 0 Å². The average Bonchev–Trinajstić information content (AvgIpc) is 3.02. The summed E-state index contributed by atoms with van der Waals surface area (Å²) in [6.45, 7) is 9.56. The van der Waals surface area contributed by atoms with Crippen LogP contribution in [0.1, 0.15) is 55.3 Å². The van der Waals surface area contributed by atoms with Crippen LogP contribution in [-0.4, -0.2) is 40.7 Å². The highest BCUT2D eigenvalue weighted by atomic mass is 32.2. The fourth-order valence-corrected chi connectivity index (χ4v) is 7.11. The normalized spacial score (nSPS) is 22.6. The monoisotopic (exact) mass is 588 g/mol. The number of aldehydes is 1. The molecule has 4 unspecified atom stereocenters. The van der Waals surface area contributed by atoms with Gasteiger partial charge in [0.15, 0.2) is 17.3 Å². The standard InChI is InChI=1S/C16H14O3S.C14H10O2S.2C2H6/c1-10(17)9-19-11-6-7-13-15(8-11)20-14-5-3-2-4-12(14)16(13)18;15-8-9-5-6-13-11(7-9)14(16)10-3-1-2-4-12(10)17-13;2*1-2/h2-8,13,15H,9H2,1H3;1-8,11,13H;2*1-2H3. The summed E-state index contributed by atoms with van der Waals surface area (Å²) >= 11 is 3.36. The molecule has 41 heavy (non-hydrogen) atoms. The Morgan fingerprint density at radius 1 is 0.780 bits per heavy atom. The van der Waals surface area contributed by atoms with Crippen LogP contribution in [0.3, 0.4) is 0 Å². The summed E-state index contributed by atoms with van der Waals surface area (Å²) in [7, 11) is 0. The van der Waals surface area contributed by atoms with Crippen LogP contribution < -0.4 is 0 Å². The zero-order valence-corrected chi connectivity index (χ0v) is 25.7. The van der Waals surface area contributed by atoms with E-state index in [-0.39, 0.29) is 46.3 Å². The van der Waals surface area contributed by atoms with E-state index in [4.69, 9.17) is 4.74 Å². The molecule has 0 radical (unpaired) electrons. The van der Waals surface area contributed by atoms with Crippen molar-refractivity contribution in [3.05, 3.63) is 107 Å². The molecule has 0 saturated carbocycles. The second-order valence-corrected chi connectivity index (χ2v) is 11.4. The number of hydrogen-bond donors (Lipinski definition) is 0. The highest BCUT2D eigenvalue weighted by Crippen LogP contribution is 2.42. The van der Waals surface area contributed by atoms with E-state index in [0.717, 1.165) is 27.2 Å². The Morgan fingerprint density at radius 2 is 1.34 bits per heavy atom. The highest BCUT2D eigenvalue weighted by Gasteiger charge is 2.36. The summed E-state index contributed by atoms with van der Waals surface area (Å²) in [4.78, 5) is 48.5. The first-order valence-electron chi connectivity index (χ1n) is 13.9. The third-order valence-corrected chi connectivity index (χ3v) is 9.01. The number of rotatable bonds is 4. The summed E-state index contributed by atoms with van der Waals surface area (Å²) in [6, 6.07) is 15.3. The summed E-state index contributed by atoms with van der Waals surface area (Å²) in [5.74, 6) is 0.593. The number of Topliss-reactive ketones (excluding diaryl/α,β-unsaturated/α-hetero) is 3. The van der Waals surface area contributed by atoms with Crippen LogP contribution in [0.5, 0.6) is 0 Å². The molecule has 0 aromatic heterocycles. The number of fused-ring (bicyclic) bond motifs is 4. The van der Waals surface area contributed by atoms with E-state index in [1.165, 1.54) is 6.92 Å². The largest absolute Gasteiger partial charge is 0.486 e. The molecule has 2 aliphatic heterocycles. The minimum Gasteiger partial charge on any atom is -0.486 e. The first-order chi connectivity index (χ1) is 19.9. The smallest absolute Gasteiger partial charge is 0.172 e. The first kappa shape index (κ1) is 32.1. The Balaban J connectivity index is 0.000000203. The number of carbonyl (C=O) groups is 4. The Kier molecular flexibility index (Phi) is 12.2. The van der Waals surface area contributed by atoms with E-state index >= 15 is 0 Å². The second kappa shape index (κ2) is 15.5. The van der Waals surface area contributed by atoms with E-state index in [2.05, 4.69) is 0 Å². The van der Waals surface area contributed by atoms with Crippen LogP contribution in [-0.2, 0) is 14.3 Å². The lowest BCUT2D eigenvalue weighted by Gasteiger charge is -2.30. The second-order valence-electron chi connectivity index (χ2n) is 9.00. The minimum atomic E-state index is -0.194. The van der Waals surface area contributed by atoms with Gasteiger partial charge < -0.3 is 4.74 Å². The van der Waals surface area contributed by atoms with Crippen molar-refractivity contribution >= 4 is 47.2 Å². The quantitative estimate of drug-likeness (QED) is 0.338. The molecule has 5 nitrogen and oxygen atoms in total. The third-order valence-electron chi connectivity index (χ3n) is 6.37. The van der Waals surface area contributed by atoms with Crippen LogP contribution in [0.2, 0.25) is 0 Å². The van der Waals surface area contributed by atoms with E-state index in [0.29, 0.717) is 11.3 Å². The van der Waals surface area contributed by atoms with Gasteiger partial charge >= 0.3 is 0 Å². The van der Waals surface area contributed by atoms with Crippen LogP contribution in [0, 0.1) is 11.8 Å². The maximum Gasteiger partial charge on any atom is 0.172 e. The lowest BCUT2D eigenvalue weighted by molar-refractivity contribution is -0.120. The number of hydrogen-bond acceptors (Lipinski definition) is 7. The zero-order valence-electron chi connectivity index (χ0n) is 24.0. The maximum absolute atomic E-state index is 12.4. The van der Waals surface area contributed by atoms with Crippen molar-refractivity contribution in [1.82, 2.24) is 0 Å². The fourth-order valence-electron chi connectivity index (χ4n) is 4.55. The Morgan fingerprint density at radius 3 is 1.93 bits per heavy atom. The molecule has 2 aromatic carbocycles. The molecule has 2 aliphatic carbocycles. The van der Waals surface area contributed by atoms with Crippen molar-refractivity contribution in [2.45, 2.75) is 54.9 Å². The van der Waals surface area contributed by atoms with Crippen LogP contribution in [0.15, 0.2) is 106 Å². The van der Waals surface area contributed by atoms with Gasteiger partial charge in [-0.15, -0.1) is 23.5 Å². The molecule has 0 N–H and O–H groups in total. The molecule has 2 aromatic rings. The van der Waals surface area contributed by atoms with Gasteiger partial charge in [-0.3, -0.25) is 19.2 Å². The van der Waals surface area contributed by atoms with E-state index < -0.39 is 0 Å². The molecule has 2 heterocycles. The molecule has 6 rings (SSSR count). The van der Waals surface area contributed by atoms with Crippen molar-refractivity contribution in [3.8, 4) is 0 Å². The van der Waals surface area contributed by atoms with E-state index in [9.17, 15) is 19.2 Å². The van der Waals surface area contributed by atoms with Gasteiger partial charge in [0.05, 0.1) is 11.8 Å². The lowest BCUT2D eigenvalue weighted by Crippen LogP contribution is -2.29. The van der Waals surface area contributed by atoms with Gasteiger partial charge in [0.1, 0.15) is 18.7 Å². The fraction of sp³-hybridized carbons (Fsp3) is 0.294. The van der Waals surface area contributed by atoms with Crippen molar-refractivity contribution in [2.24, 2.45) is 11.8 Å². The van der Waals surface area contributed by atoms with Crippen molar-refractivity contribution in [2.75, 3.05) is 6.61 Å². The summed E-state index contributed by atoms with van der Waals surface area (Å²) in [6.07, 6.45) is 11.9. The molecule has 7 heteroatoms. The lowest BCUT2D eigenvalue weighted by atomic mass is 9.88. The molecular weight excluding hydrogens is 553 g/mol. The number of benzene rings is 2. The number of ketones is 3. The highest BCUT2D eigenvalue weighted by molar-refractivity contribution is 8.00. The van der Waals surface area contributed by atoms with Crippen molar-refractivity contribution in [1.29, 1.82) is 0 Å². The molecule has 0 saturated heterocycles. The number of ether oxygens (including phenoxy) is 1. The third kappa shape index (κ3) is 7.66. The van der Waals surface area contributed by atoms with Gasteiger partial charge in [0.2, 0.25) is 0 Å². The van der Waals surface area contributed by atoms with Gasteiger partial charge in [0, 0.05) is 37.0 Å². The minimum absolute atomic E-state index is 0.0147. The predicted octanol–water partition coefficient (Wildman–Crippen LogP) is 7.73. The SMILES string of the molecule is CC.CC.CC(=O)COC1=CC2Sc3ccccc3C(=O)C2C=C1.O=CC1=CC2C(=O)c3ccccc3SC2C=C1. The van der Waals surface area contributed by atoms with Gasteiger partial charge in [0.25, 0.3) is 0 Å². The molecule has 0 bridgehead atoms. The number of thioether (sulfide) groups is 2. The molecule has 4 atom stereocenters. The average molecular weight is 589 g/mol. The molecule has 0 amide bonds. The molecular formula is C34H36O5S2. The zero-order chi connectivity index (χ0) is 29.9. The van der Waals surface area contributed by atoms with E-state index in [1.807, 2.05) is 94.5 Å². The first-order valence-corrected chi connectivity index (χ1v) is 15.7. The molecule has 214 valence electrons. The Labute approximate surface area is 251 Å². The Hall–Kier alpha value is -3.42. The summed E-state index contributed by atoms with van der Waals surface area (Å²) in [5.41, 5.74) is 2.17. The summed E-state index contributed by atoms with van der Waals surface area (Å²) in [5, 5.41) is 0.172. The molecule has 0 spiro atoms. The van der Waals surface area contributed by atoms with Crippen LogP contribution >= 0.6 is 23.5 Å². The summed E-state index contributed by atoms with van der Waals surface area (Å²) < 4.78 is 5.42. The van der Waals surface area contributed by atoms with Crippen molar-refractivity contribution in [3.63, 3.8) is 0 Å². The van der Waals surface area contributed by atoms with Gasteiger partial charge in [-0.1, -0.05) is 88.4 Å². The number of allylic oxidation sites excluding steroid dienone is 5. The molecule has 0 fully saturated rings. The maximum atomic E-state index is 12.4. The topological polar surface area (TPSA) is 77.5 Å². The molecule has 4 aliphatic rings. The van der Waals surface area contributed by atoms with Crippen molar-refractivity contribution < 1.29 is 23.9 Å².